The Bertz CT molecular complexity index is 689. The third kappa shape index (κ3) is 5.60. The van der Waals surface area contributed by atoms with Crippen molar-refractivity contribution in [1.29, 1.82) is 0 Å². The Hall–Kier alpha value is -2.33. The van der Waals surface area contributed by atoms with Crippen LogP contribution in [0.2, 0.25) is 0 Å². The van der Waals surface area contributed by atoms with Crippen LogP contribution in [0.5, 0.6) is 5.75 Å². The first-order chi connectivity index (χ1) is 12.7. The summed E-state index contributed by atoms with van der Waals surface area (Å²) in [7, 11) is 1.65. The van der Waals surface area contributed by atoms with Crippen molar-refractivity contribution in [2.24, 2.45) is 0 Å². The van der Waals surface area contributed by atoms with Crippen LogP contribution < -0.4 is 10.1 Å². The summed E-state index contributed by atoms with van der Waals surface area (Å²) in [5.74, 6) is 0.924. The SMILES string of the molecule is COc1ccc(CCC(=O)NCc2ccc(CN3CCCC3)cc2)cc1. The van der Waals surface area contributed by atoms with Gasteiger partial charge in [0.2, 0.25) is 5.91 Å². The molecule has 0 aromatic heterocycles. The average Bonchev–Trinajstić information content (AvgIpc) is 3.19. The lowest BCUT2D eigenvalue weighted by atomic mass is 10.1. The van der Waals surface area contributed by atoms with Gasteiger partial charge in [-0.15, -0.1) is 0 Å². The van der Waals surface area contributed by atoms with Gasteiger partial charge in [0.1, 0.15) is 5.75 Å². The molecule has 2 aromatic carbocycles. The van der Waals surface area contributed by atoms with E-state index in [1.807, 2.05) is 24.3 Å². The van der Waals surface area contributed by atoms with Crippen LogP contribution in [0.15, 0.2) is 48.5 Å². The highest BCUT2D eigenvalue weighted by Gasteiger charge is 2.11. The van der Waals surface area contributed by atoms with Crippen molar-refractivity contribution in [2.45, 2.75) is 38.8 Å². The first-order valence-corrected chi connectivity index (χ1v) is 9.43. The van der Waals surface area contributed by atoms with Gasteiger partial charge < -0.3 is 10.1 Å². The molecule has 138 valence electrons. The van der Waals surface area contributed by atoms with Gasteiger partial charge in [-0.2, -0.15) is 0 Å². The molecular formula is C22H28N2O2. The molecule has 1 amide bonds. The smallest absolute Gasteiger partial charge is 0.220 e. The Balaban J connectivity index is 1.39. The molecule has 1 N–H and O–H groups in total. The van der Waals surface area contributed by atoms with Gasteiger partial charge in [-0.05, 0) is 61.2 Å². The summed E-state index contributed by atoms with van der Waals surface area (Å²) in [5, 5.41) is 3.01. The predicted molar refractivity (Wildman–Crippen MR) is 104 cm³/mol. The van der Waals surface area contributed by atoms with Crippen molar-refractivity contribution < 1.29 is 9.53 Å². The molecule has 0 saturated carbocycles. The Labute approximate surface area is 156 Å². The first kappa shape index (κ1) is 18.5. The van der Waals surface area contributed by atoms with Crippen molar-refractivity contribution >= 4 is 5.91 Å². The molecule has 0 aliphatic carbocycles. The van der Waals surface area contributed by atoms with Crippen LogP contribution in [0, 0.1) is 0 Å². The van der Waals surface area contributed by atoms with Gasteiger partial charge in [-0.1, -0.05) is 36.4 Å². The zero-order chi connectivity index (χ0) is 18.2. The predicted octanol–water partition coefficient (Wildman–Crippen LogP) is 3.54. The number of likely N-dealkylation sites (tertiary alicyclic amines) is 1. The molecule has 26 heavy (non-hydrogen) atoms. The summed E-state index contributed by atoms with van der Waals surface area (Å²) in [5.41, 5.74) is 3.64. The molecule has 1 heterocycles. The van der Waals surface area contributed by atoms with E-state index in [0.29, 0.717) is 13.0 Å². The molecule has 0 spiro atoms. The molecule has 1 aliphatic rings. The van der Waals surface area contributed by atoms with Gasteiger partial charge in [0.15, 0.2) is 0 Å². The molecule has 2 aromatic rings. The van der Waals surface area contributed by atoms with Gasteiger partial charge >= 0.3 is 0 Å². The minimum absolute atomic E-state index is 0.0851. The summed E-state index contributed by atoms with van der Waals surface area (Å²) < 4.78 is 5.15. The number of hydrogen-bond acceptors (Lipinski definition) is 3. The van der Waals surface area contributed by atoms with Crippen molar-refractivity contribution in [1.82, 2.24) is 10.2 Å². The largest absolute Gasteiger partial charge is 0.497 e. The minimum atomic E-state index is 0.0851. The molecule has 4 nitrogen and oxygen atoms in total. The fourth-order valence-corrected chi connectivity index (χ4v) is 3.30. The quantitative estimate of drug-likeness (QED) is 0.790. The molecule has 1 aliphatic heterocycles. The maximum absolute atomic E-state index is 12.1. The summed E-state index contributed by atoms with van der Waals surface area (Å²) in [4.78, 5) is 14.6. The Morgan fingerprint density at radius 1 is 0.962 bits per heavy atom. The van der Waals surface area contributed by atoms with Crippen molar-refractivity contribution in [3.05, 3.63) is 65.2 Å². The standard InChI is InChI=1S/C22H28N2O2/c1-26-21-11-8-18(9-12-21)10-13-22(25)23-16-19-4-6-20(7-5-19)17-24-14-2-3-15-24/h4-9,11-12H,2-3,10,13-17H2,1H3,(H,23,25). The second kappa shape index (κ2) is 9.39. The number of aryl methyl sites for hydroxylation is 1. The monoisotopic (exact) mass is 352 g/mol. The summed E-state index contributed by atoms with van der Waals surface area (Å²) in [6.07, 6.45) is 3.88. The highest BCUT2D eigenvalue weighted by molar-refractivity contribution is 5.76. The zero-order valence-electron chi connectivity index (χ0n) is 15.5. The molecular weight excluding hydrogens is 324 g/mol. The lowest BCUT2D eigenvalue weighted by Gasteiger charge is -2.14. The maximum Gasteiger partial charge on any atom is 0.220 e. The van der Waals surface area contributed by atoms with E-state index in [9.17, 15) is 4.79 Å². The number of amides is 1. The van der Waals surface area contributed by atoms with Crippen LogP contribution in [-0.2, 0) is 24.3 Å². The zero-order valence-corrected chi connectivity index (χ0v) is 15.5. The Morgan fingerprint density at radius 3 is 2.23 bits per heavy atom. The molecule has 3 rings (SSSR count). The molecule has 1 fully saturated rings. The third-order valence-electron chi connectivity index (χ3n) is 4.92. The Morgan fingerprint density at radius 2 is 1.58 bits per heavy atom. The van der Waals surface area contributed by atoms with Crippen LogP contribution in [0.25, 0.3) is 0 Å². The van der Waals surface area contributed by atoms with E-state index in [-0.39, 0.29) is 5.91 Å². The fraction of sp³-hybridized carbons (Fsp3) is 0.409. The number of rotatable bonds is 8. The number of nitrogens with one attached hydrogen (secondary N) is 1. The minimum Gasteiger partial charge on any atom is -0.497 e. The molecule has 0 bridgehead atoms. The molecule has 0 atom stereocenters. The van der Waals surface area contributed by atoms with Gasteiger partial charge in [-0.3, -0.25) is 9.69 Å². The number of carbonyl (C=O) groups excluding carboxylic acids is 1. The van der Waals surface area contributed by atoms with Crippen molar-refractivity contribution in [3.63, 3.8) is 0 Å². The van der Waals surface area contributed by atoms with Gasteiger partial charge in [0, 0.05) is 19.5 Å². The highest BCUT2D eigenvalue weighted by Crippen LogP contribution is 2.14. The average molecular weight is 352 g/mol. The van der Waals surface area contributed by atoms with E-state index >= 15 is 0 Å². The van der Waals surface area contributed by atoms with Crippen LogP contribution in [-0.4, -0.2) is 31.0 Å². The van der Waals surface area contributed by atoms with Gasteiger partial charge in [-0.25, -0.2) is 0 Å². The van der Waals surface area contributed by atoms with E-state index in [1.165, 1.54) is 31.5 Å². The number of hydrogen-bond donors (Lipinski definition) is 1. The summed E-state index contributed by atoms with van der Waals surface area (Å²) in [6.45, 7) is 4.05. The first-order valence-electron chi connectivity index (χ1n) is 9.43. The van der Waals surface area contributed by atoms with Crippen LogP contribution in [0.3, 0.4) is 0 Å². The van der Waals surface area contributed by atoms with Gasteiger partial charge in [0.25, 0.3) is 0 Å². The number of methoxy groups -OCH3 is 1. The van der Waals surface area contributed by atoms with Crippen LogP contribution in [0.4, 0.5) is 0 Å². The molecule has 0 radical (unpaired) electrons. The Kier molecular flexibility index (Phi) is 6.67. The number of carbonyl (C=O) groups is 1. The molecule has 0 unspecified atom stereocenters. The van der Waals surface area contributed by atoms with Crippen molar-refractivity contribution in [2.75, 3.05) is 20.2 Å². The number of ether oxygens (including phenoxy) is 1. The van der Waals surface area contributed by atoms with E-state index in [4.69, 9.17) is 4.74 Å². The topological polar surface area (TPSA) is 41.6 Å². The van der Waals surface area contributed by atoms with Crippen LogP contribution in [0.1, 0.15) is 36.0 Å². The maximum atomic E-state index is 12.1. The second-order valence-electron chi connectivity index (χ2n) is 6.92. The lowest BCUT2D eigenvalue weighted by Crippen LogP contribution is -2.23. The highest BCUT2D eigenvalue weighted by atomic mass is 16.5. The lowest BCUT2D eigenvalue weighted by molar-refractivity contribution is -0.121. The van der Waals surface area contributed by atoms with E-state index < -0.39 is 0 Å². The normalized spacial score (nSPS) is 14.3. The van der Waals surface area contributed by atoms with Crippen LogP contribution >= 0.6 is 0 Å². The molecule has 1 saturated heterocycles. The summed E-state index contributed by atoms with van der Waals surface area (Å²) in [6, 6.07) is 16.5. The molecule has 4 heteroatoms. The second-order valence-corrected chi connectivity index (χ2v) is 6.92. The third-order valence-corrected chi connectivity index (χ3v) is 4.92. The van der Waals surface area contributed by atoms with E-state index in [0.717, 1.165) is 29.8 Å². The number of benzene rings is 2. The number of nitrogens with zero attached hydrogens (tertiary/aromatic N) is 1. The van der Waals surface area contributed by atoms with Gasteiger partial charge in [0.05, 0.1) is 7.11 Å². The summed E-state index contributed by atoms with van der Waals surface area (Å²) >= 11 is 0. The van der Waals surface area contributed by atoms with E-state index in [2.05, 4.69) is 34.5 Å². The van der Waals surface area contributed by atoms with Crippen molar-refractivity contribution in [3.8, 4) is 5.75 Å². The fourth-order valence-electron chi connectivity index (χ4n) is 3.30. The van der Waals surface area contributed by atoms with E-state index in [1.54, 1.807) is 7.11 Å².